The van der Waals surface area contributed by atoms with Crippen molar-refractivity contribution in [1.82, 2.24) is 15.2 Å². The Kier molecular flexibility index (Phi) is 5.36. The maximum atomic E-state index is 14.1. The highest BCUT2D eigenvalue weighted by Crippen LogP contribution is 2.43. The molecule has 2 heterocycles. The van der Waals surface area contributed by atoms with Crippen molar-refractivity contribution in [1.29, 1.82) is 0 Å². The third kappa shape index (κ3) is 3.77. The fourth-order valence-corrected chi connectivity index (χ4v) is 2.95. The molecule has 0 aliphatic heterocycles. The zero-order valence-electron chi connectivity index (χ0n) is 14.4. The molecule has 0 unspecified atom stereocenters. The first kappa shape index (κ1) is 17.7. The second kappa shape index (κ2) is 7.86. The number of aliphatic imine (C=N–C) groups is 1. The van der Waals surface area contributed by atoms with Gasteiger partial charge in [-0.2, -0.15) is 0 Å². The van der Waals surface area contributed by atoms with Crippen LogP contribution >= 0.6 is 0 Å². The molecule has 2 aromatic heterocycles. The molecule has 3 N–H and O–H groups in total. The lowest BCUT2D eigenvalue weighted by atomic mass is 9.66. The number of hydrogen-bond donors (Lipinski definition) is 2. The molecule has 0 radical (unpaired) electrons. The number of pyridine rings is 1. The van der Waals surface area contributed by atoms with Crippen molar-refractivity contribution in [3.8, 4) is 0 Å². The first-order valence-electron chi connectivity index (χ1n) is 8.44. The van der Waals surface area contributed by atoms with Crippen LogP contribution in [0.5, 0.6) is 0 Å². The third-order valence-corrected chi connectivity index (χ3v) is 4.54. The fraction of sp³-hybridized carbons (Fsp3) is 0.263. The normalized spacial score (nSPS) is 16.3. The Morgan fingerprint density at radius 3 is 2.81 bits per heavy atom. The van der Waals surface area contributed by atoms with Crippen LogP contribution in [0.4, 0.5) is 10.2 Å². The van der Waals surface area contributed by atoms with E-state index in [2.05, 4.69) is 32.1 Å². The van der Waals surface area contributed by atoms with Crippen LogP contribution in [0.2, 0.25) is 0 Å². The summed E-state index contributed by atoms with van der Waals surface area (Å²) in [6.45, 7) is 4.12. The van der Waals surface area contributed by atoms with Crippen LogP contribution in [-0.4, -0.2) is 27.6 Å². The summed E-state index contributed by atoms with van der Waals surface area (Å²) in [7, 11) is 0. The molecular formula is C19H21FN6. The van der Waals surface area contributed by atoms with Gasteiger partial charge in [0.2, 0.25) is 0 Å². The van der Waals surface area contributed by atoms with Gasteiger partial charge in [0.15, 0.2) is 5.84 Å². The molecule has 1 fully saturated rings. The molecule has 134 valence electrons. The van der Waals surface area contributed by atoms with Crippen molar-refractivity contribution in [3.05, 3.63) is 72.6 Å². The number of nitrogens with one attached hydrogen (secondary N) is 1. The smallest absolute Gasteiger partial charge is 0.151 e. The van der Waals surface area contributed by atoms with E-state index in [0.29, 0.717) is 23.8 Å². The zero-order chi connectivity index (χ0) is 18.4. The number of rotatable bonds is 7. The van der Waals surface area contributed by atoms with Crippen LogP contribution < -0.4 is 11.1 Å². The average molecular weight is 352 g/mol. The highest BCUT2D eigenvalue weighted by atomic mass is 19.1. The highest BCUT2D eigenvalue weighted by Gasteiger charge is 2.41. The maximum absolute atomic E-state index is 14.1. The standard InChI is InChI=1S/C19H21FN6/c1-2-3-11-23-18(21)15-7-8-16(26-25-15)24-13-19(9-5-10-19)17-14(20)6-4-12-22-17/h2-4,6-8,11-12H,1,5,9-10,13H2,(H2,21,23)(H,24,26)/b11-3-. The molecule has 3 rings (SSSR count). The molecule has 26 heavy (non-hydrogen) atoms. The van der Waals surface area contributed by atoms with Gasteiger partial charge in [-0.3, -0.25) is 4.98 Å². The van der Waals surface area contributed by atoms with E-state index in [4.69, 9.17) is 5.73 Å². The second-order valence-corrected chi connectivity index (χ2v) is 6.22. The van der Waals surface area contributed by atoms with Gasteiger partial charge in [0.05, 0.1) is 5.69 Å². The van der Waals surface area contributed by atoms with Crippen molar-refractivity contribution < 1.29 is 4.39 Å². The lowest BCUT2D eigenvalue weighted by Gasteiger charge is -2.41. The molecule has 1 saturated carbocycles. The van der Waals surface area contributed by atoms with Crippen molar-refractivity contribution in [3.63, 3.8) is 0 Å². The summed E-state index contributed by atoms with van der Waals surface area (Å²) >= 11 is 0. The number of nitrogens with two attached hydrogens (primary N) is 1. The van der Waals surface area contributed by atoms with Gasteiger partial charge in [0.25, 0.3) is 0 Å². The largest absolute Gasteiger partial charge is 0.382 e. The minimum Gasteiger partial charge on any atom is -0.382 e. The number of nitrogens with zero attached hydrogens (tertiary/aromatic N) is 4. The summed E-state index contributed by atoms with van der Waals surface area (Å²) in [6, 6.07) is 6.59. The van der Waals surface area contributed by atoms with Crippen molar-refractivity contribution in [2.75, 3.05) is 11.9 Å². The molecule has 1 aliphatic carbocycles. The van der Waals surface area contributed by atoms with E-state index in [-0.39, 0.29) is 17.1 Å². The number of halogens is 1. The molecule has 1 aliphatic rings. The molecular weight excluding hydrogens is 331 g/mol. The maximum Gasteiger partial charge on any atom is 0.151 e. The first-order chi connectivity index (χ1) is 12.6. The topological polar surface area (TPSA) is 89.1 Å². The van der Waals surface area contributed by atoms with Crippen molar-refractivity contribution in [2.24, 2.45) is 10.7 Å². The Hall–Kier alpha value is -3.09. The van der Waals surface area contributed by atoms with Crippen LogP contribution in [0.25, 0.3) is 0 Å². The third-order valence-electron chi connectivity index (χ3n) is 4.54. The SMILES string of the molecule is C=C/C=C\N=C(N)c1ccc(NCC2(c3ncccc3F)CCC2)nn1. The van der Waals surface area contributed by atoms with Gasteiger partial charge in [-0.05, 0) is 43.2 Å². The molecule has 0 amide bonds. The summed E-state index contributed by atoms with van der Waals surface area (Å²) in [5.41, 5.74) is 6.56. The van der Waals surface area contributed by atoms with Crippen molar-refractivity contribution >= 4 is 11.7 Å². The van der Waals surface area contributed by atoms with Crippen LogP contribution in [0.1, 0.15) is 30.7 Å². The zero-order valence-corrected chi connectivity index (χ0v) is 14.4. The van der Waals surface area contributed by atoms with Crippen molar-refractivity contribution in [2.45, 2.75) is 24.7 Å². The Bertz CT molecular complexity index is 824. The van der Waals surface area contributed by atoms with Gasteiger partial charge in [0, 0.05) is 24.4 Å². The van der Waals surface area contributed by atoms with Gasteiger partial charge in [0.1, 0.15) is 17.3 Å². The quantitative estimate of drug-likeness (QED) is 0.454. The van der Waals surface area contributed by atoms with E-state index in [1.165, 1.54) is 12.3 Å². The monoisotopic (exact) mass is 352 g/mol. The molecule has 2 aromatic rings. The second-order valence-electron chi connectivity index (χ2n) is 6.22. The molecule has 0 atom stereocenters. The van der Waals surface area contributed by atoms with E-state index >= 15 is 0 Å². The lowest BCUT2D eigenvalue weighted by Crippen LogP contribution is -2.42. The lowest BCUT2D eigenvalue weighted by molar-refractivity contribution is 0.243. The molecule has 0 bridgehead atoms. The summed E-state index contributed by atoms with van der Waals surface area (Å²) < 4.78 is 14.1. The molecule has 6 nitrogen and oxygen atoms in total. The average Bonchev–Trinajstić information content (AvgIpc) is 2.63. The highest BCUT2D eigenvalue weighted by molar-refractivity contribution is 5.95. The summed E-state index contributed by atoms with van der Waals surface area (Å²) in [4.78, 5) is 8.30. The number of aromatic nitrogens is 3. The number of anilines is 1. The number of hydrogen-bond acceptors (Lipinski definition) is 5. The Labute approximate surface area is 151 Å². The number of allylic oxidation sites excluding steroid dienone is 2. The fourth-order valence-electron chi connectivity index (χ4n) is 2.95. The first-order valence-corrected chi connectivity index (χ1v) is 8.44. The predicted molar refractivity (Wildman–Crippen MR) is 100 cm³/mol. The van der Waals surface area contributed by atoms with Crippen LogP contribution in [0.15, 0.2) is 60.4 Å². The van der Waals surface area contributed by atoms with E-state index in [9.17, 15) is 4.39 Å². The summed E-state index contributed by atoms with van der Waals surface area (Å²) in [5, 5.41) is 11.4. The minimum absolute atomic E-state index is 0.257. The van der Waals surface area contributed by atoms with E-state index in [0.717, 1.165) is 19.3 Å². The van der Waals surface area contributed by atoms with E-state index in [1.54, 1.807) is 36.5 Å². The Morgan fingerprint density at radius 1 is 1.35 bits per heavy atom. The van der Waals surface area contributed by atoms with E-state index < -0.39 is 0 Å². The van der Waals surface area contributed by atoms with Gasteiger partial charge >= 0.3 is 0 Å². The Morgan fingerprint density at radius 2 is 2.19 bits per heavy atom. The predicted octanol–water partition coefficient (Wildman–Crippen LogP) is 2.95. The van der Waals surface area contributed by atoms with Gasteiger partial charge < -0.3 is 11.1 Å². The minimum atomic E-state index is -0.290. The van der Waals surface area contributed by atoms with Crippen LogP contribution in [-0.2, 0) is 5.41 Å². The van der Waals surface area contributed by atoms with Crippen LogP contribution in [0, 0.1) is 5.82 Å². The van der Waals surface area contributed by atoms with Gasteiger partial charge in [-0.15, -0.1) is 10.2 Å². The molecule has 0 spiro atoms. The van der Waals surface area contributed by atoms with Gasteiger partial charge in [-0.25, -0.2) is 9.38 Å². The Balaban J connectivity index is 1.68. The number of amidine groups is 1. The molecule has 0 saturated heterocycles. The van der Waals surface area contributed by atoms with Gasteiger partial charge in [-0.1, -0.05) is 19.1 Å². The molecule has 7 heteroatoms. The summed E-state index contributed by atoms with van der Waals surface area (Å²) in [6.07, 6.45) is 9.31. The van der Waals surface area contributed by atoms with E-state index in [1.807, 2.05) is 0 Å². The van der Waals surface area contributed by atoms with Crippen LogP contribution in [0.3, 0.4) is 0 Å². The summed E-state index contributed by atoms with van der Waals surface area (Å²) in [5.74, 6) is 0.617. The molecule has 0 aromatic carbocycles.